The first kappa shape index (κ1) is 20.2. The molecule has 1 fully saturated rings. The molecule has 3 aromatic rings. The van der Waals surface area contributed by atoms with E-state index in [0.717, 1.165) is 31.0 Å². The van der Waals surface area contributed by atoms with Crippen LogP contribution in [-0.4, -0.2) is 64.5 Å². The lowest BCUT2D eigenvalue weighted by molar-refractivity contribution is 0.0626. The highest BCUT2D eigenvalue weighted by atomic mass is 16.5. The van der Waals surface area contributed by atoms with Crippen molar-refractivity contribution in [3.63, 3.8) is 0 Å². The number of piperazine rings is 1. The third-order valence-electron chi connectivity index (χ3n) is 5.25. The highest BCUT2D eigenvalue weighted by molar-refractivity contribution is 5.95. The molecule has 1 aliphatic rings. The standard InChI is InChI=1S/C23H28N4O3/c1-3-29-20-9-8-18(15-21(20)30-4-2)23(28)26-13-11-25(12-14-26)16-19-17-27-10-6-5-7-22(27)24-19/h5-10,15,17H,3-4,11-14,16H2,1-2H3. The number of carbonyl (C=O) groups excluding carboxylic acids is 1. The first-order valence-corrected chi connectivity index (χ1v) is 10.5. The van der Waals surface area contributed by atoms with Crippen LogP contribution in [0.15, 0.2) is 48.8 Å². The largest absolute Gasteiger partial charge is 0.490 e. The Bertz CT molecular complexity index is 976. The number of benzene rings is 1. The minimum Gasteiger partial charge on any atom is -0.490 e. The van der Waals surface area contributed by atoms with Crippen LogP contribution in [0.2, 0.25) is 0 Å². The van der Waals surface area contributed by atoms with Gasteiger partial charge in [-0.25, -0.2) is 4.98 Å². The van der Waals surface area contributed by atoms with Crippen LogP contribution < -0.4 is 9.47 Å². The van der Waals surface area contributed by atoms with E-state index in [-0.39, 0.29) is 5.91 Å². The molecule has 30 heavy (non-hydrogen) atoms. The Kier molecular flexibility index (Phi) is 6.18. The number of hydrogen-bond acceptors (Lipinski definition) is 5. The van der Waals surface area contributed by atoms with Crippen molar-refractivity contribution in [3.8, 4) is 11.5 Å². The van der Waals surface area contributed by atoms with Crippen molar-refractivity contribution in [1.82, 2.24) is 19.2 Å². The molecule has 3 heterocycles. The van der Waals surface area contributed by atoms with Crippen LogP contribution >= 0.6 is 0 Å². The number of imidazole rings is 1. The van der Waals surface area contributed by atoms with Crippen molar-refractivity contribution < 1.29 is 14.3 Å². The van der Waals surface area contributed by atoms with Crippen LogP contribution in [0.4, 0.5) is 0 Å². The maximum atomic E-state index is 13.0. The van der Waals surface area contributed by atoms with E-state index in [1.807, 2.05) is 59.7 Å². The Morgan fingerprint density at radius 3 is 2.50 bits per heavy atom. The highest BCUT2D eigenvalue weighted by Gasteiger charge is 2.23. The van der Waals surface area contributed by atoms with Gasteiger partial charge in [0.1, 0.15) is 5.65 Å². The average Bonchev–Trinajstić information content (AvgIpc) is 3.17. The third kappa shape index (κ3) is 4.41. The van der Waals surface area contributed by atoms with Crippen molar-refractivity contribution >= 4 is 11.6 Å². The molecule has 0 aliphatic carbocycles. The molecule has 0 bridgehead atoms. The van der Waals surface area contributed by atoms with E-state index in [4.69, 9.17) is 9.47 Å². The molecule has 158 valence electrons. The second kappa shape index (κ2) is 9.17. The lowest BCUT2D eigenvalue weighted by Crippen LogP contribution is -2.48. The van der Waals surface area contributed by atoms with E-state index in [1.165, 1.54) is 0 Å². The number of pyridine rings is 1. The van der Waals surface area contributed by atoms with Gasteiger partial charge in [-0.05, 0) is 44.2 Å². The minimum absolute atomic E-state index is 0.0337. The number of nitrogens with zero attached hydrogens (tertiary/aromatic N) is 4. The quantitative estimate of drug-likeness (QED) is 0.601. The van der Waals surface area contributed by atoms with Crippen LogP contribution in [0.5, 0.6) is 11.5 Å². The summed E-state index contributed by atoms with van der Waals surface area (Å²) in [5.41, 5.74) is 2.64. The molecule has 0 unspecified atom stereocenters. The van der Waals surface area contributed by atoms with Gasteiger partial charge in [0.2, 0.25) is 0 Å². The zero-order valence-corrected chi connectivity index (χ0v) is 17.6. The number of aromatic nitrogens is 2. The normalized spacial score (nSPS) is 14.8. The van der Waals surface area contributed by atoms with Crippen molar-refractivity contribution in [2.45, 2.75) is 20.4 Å². The predicted octanol–water partition coefficient (Wildman–Crippen LogP) is 3.09. The first-order valence-electron chi connectivity index (χ1n) is 10.5. The number of rotatable bonds is 7. The molecular formula is C23H28N4O3. The zero-order chi connectivity index (χ0) is 20.9. The molecule has 1 amide bonds. The summed E-state index contributed by atoms with van der Waals surface area (Å²) >= 11 is 0. The third-order valence-corrected chi connectivity index (χ3v) is 5.25. The molecule has 2 aromatic heterocycles. The number of amides is 1. The molecule has 0 radical (unpaired) electrons. The van der Waals surface area contributed by atoms with Gasteiger partial charge in [-0.3, -0.25) is 9.69 Å². The Morgan fingerprint density at radius 2 is 1.77 bits per heavy atom. The van der Waals surface area contributed by atoms with Gasteiger partial charge in [0, 0.05) is 50.7 Å². The Hall–Kier alpha value is -3.06. The van der Waals surface area contributed by atoms with Gasteiger partial charge in [0.05, 0.1) is 18.9 Å². The molecule has 0 spiro atoms. The summed E-state index contributed by atoms with van der Waals surface area (Å²) in [5, 5.41) is 0. The summed E-state index contributed by atoms with van der Waals surface area (Å²) in [7, 11) is 0. The van der Waals surface area contributed by atoms with Gasteiger partial charge in [0.15, 0.2) is 11.5 Å². The van der Waals surface area contributed by atoms with Crippen LogP contribution in [0.25, 0.3) is 5.65 Å². The van der Waals surface area contributed by atoms with Gasteiger partial charge < -0.3 is 18.8 Å². The van der Waals surface area contributed by atoms with Gasteiger partial charge >= 0.3 is 0 Å². The number of hydrogen-bond donors (Lipinski definition) is 0. The van der Waals surface area contributed by atoms with Gasteiger partial charge in [-0.15, -0.1) is 0 Å². The molecule has 0 saturated carbocycles. The topological polar surface area (TPSA) is 59.3 Å². The molecule has 0 N–H and O–H groups in total. The van der Waals surface area contributed by atoms with E-state index in [2.05, 4.69) is 16.1 Å². The fourth-order valence-corrected chi connectivity index (χ4v) is 3.77. The summed E-state index contributed by atoms with van der Waals surface area (Å²) in [5.74, 6) is 1.33. The predicted molar refractivity (Wildman–Crippen MR) is 115 cm³/mol. The number of carbonyl (C=O) groups is 1. The van der Waals surface area contributed by atoms with Gasteiger partial charge in [0.25, 0.3) is 5.91 Å². The summed E-state index contributed by atoms with van der Waals surface area (Å²) in [6.45, 7) is 8.78. The SMILES string of the molecule is CCOc1ccc(C(=O)N2CCN(Cc3cn4ccccc4n3)CC2)cc1OCC. The minimum atomic E-state index is 0.0337. The average molecular weight is 409 g/mol. The monoisotopic (exact) mass is 408 g/mol. The van der Waals surface area contributed by atoms with Crippen LogP contribution in [0.1, 0.15) is 29.9 Å². The van der Waals surface area contributed by atoms with E-state index in [0.29, 0.717) is 43.4 Å². The van der Waals surface area contributed by atoms with Crippen LogP contribution in [-0.2, 0) is 6.54 Å². The Balaban J connectivity index is 1.37. The Labute approximate surface area is 176 Å². The van der Waals surface area contributed by atoms with Gasteiger partial charge in [-0.2, -0.15) is 0 Å². The molecule has 1 aliphatic heterocycles. The molecule has 1 aromatic carbocycles. The second-order valence-corrected chi connectivity index (χ2v) is 7.29. The number of ether oxygens (including phenoxy) is 2. The first-order chi connectivity index (χ1) is 14.7. The summed E-state index contributed by atoms with van der Waals surface area (Å²) < 4.78 is 13.3. The van der Waals surface area contributed by atoms with Crippen molar-refractivity contribution in [2.24, 2.45) is 0 Å². The molecule has 4 rings (SSSR count). The fraction of sp³-hybridized carbons (Fsp3) is 0.391. The van der Waals surface area contributed by atoms with E-state index >= 15 is 0 Å². The molecule has 1 saturated heterocycles. The van der Waals surface area contributed by atoms with Crippen molar-refractivity contribution in [2.75, 3.05) is 39.4 Å². The number of fused-ring (bicyclic) bond motifs is 1. The maximum absolute atomic E-state index is 13.0. The lowest BCUT2D eigenvalue weighted by atomic mass is 10.1. The van der Waals surface area contributed by atoms with E-state index in [1.54, 1.807) is 6.07 Å². The zero-order valence-electron chi connectivity index (χ0n) is 17.6. The maximum Gasteiger partial charge on any atom is 0.254 e. The van der Waals surface area contributed by atoms with Gasteiger partial charge in [-0.1, -0.05) is 6.07 Å². The highest BCUT2D eigenvalue weighted by Crippen LogP contribution is 2.29. The fourth-order valence-electron chi connectivity index (χ4n) is 3.77. The second-order valence-electron chi connectivity index (χ2n) is 7.29. The van der Waals surface area contributed by atoms with Crippen LogP contribution in [0, 0.1) is 0 Å². The van der Waals surface area contributed by atoms with E-state index < -0.39 is 0 Å². The van der Waals surface area contributed by atoms with Crippen molar-refractivity contribution in [1.29, 1.82) is 0 Å². The lowest BCUT2D eigenvalue weighted by Gasteiger charge is -2.34. The Morgan fingerprint density at radius 1 is 1.00 bits per heavy atom. The smallest absolute Gasteiger partial charge is 0.254 e. The molecular weight excluding hydrogens is 380 g/mol. The van der Waals surface area contributed by atoms with E-state index in [9.17, 15) is 4.79 Å². The summed E-state index contributed by atoms with van der Waals surface area (Å²) in [6.07, 6.45) is 4.08. The molecule has 0 atom stereocenters. The summed E-state index contributed by atoms with van der Waals surface area (Å²) in [6, 6.07) is 11.4. The van der Waals surface area contributed by atoms with Crippen molar-refractivity contribution in [3.05, 3.63) is 60.0 Å². The molecule has 7 heteroatoms. The summed E-state index contributed by atoms with van der Waals surface area (Å²) in [4.78, 5) is 21.9. The van der Waals surface area contributed by atoms with Crippen LogP contribution in [0.3, 0.4) is 0 Å². The molecule has 7 nitrogen and oxygen atoms in total.